The van der Waals surface area contributed by atoms with Gasteiger partial charge in [0.15, 0.2) is 0 Å². The number of aryl methyl sites for hydroxylation is 1. The standard InChI is InChI=1S/C13H10BrFN2O/c1-8-5-9(14)7-10(6-8)17-13(18)11-3-2-4-16-12(11)15/h2-7H,1H3,(H,17,18). The van der Waals surface area contributed by atoms with E-state index in [1.807, 2.05) is 13.0 Å². The lowest BCUT2D eigenvalue weighted by molar-refractivity contribution is 0.102. The van der Waals surface area contributed by atoms with Crippen molar-refractivity contribution < 1.29 is 9.18 Å². The molecule has 0 radical (unpaired) electrons. The van der Waals surface area contributed by atoms with Crippen LogP contribution in [0.25, 0.3) is 0 Å². The van der Waals surface area contributed by atoms with E-state index in [1.165, 1.54) is 18.3 Å². The molecule has 1 heterocycles. The van der Waals surface area contributed by atoms with Crippen LogP contribution in [-0.4, -0.2) is 10.9 Å². The number of pyridine rings is 1. The minimum Gasteiger partial charge on any atom is -0.322 e. The lowest BCUT2D eigenvalue weighted by Crippen LogP contribution is -2.14. The first-order chi connectivity index (χ1) is 8.56. The van der Waals surface area contributed by atoms with Crippen molar-refractivity contribution in [1.82, 2.24) is 4.98 Å². The second-order valence-corrected chi connectivity index (χ2v) is 4.73. The van der Waals surface area contributed by atoms with E-state index in [0.29, 0.717) is 5.69 Å². The Morgan fingerprint density at radius 2 is 2.17 bits per heavy atom. The van der Waals surface area contributed by atoms with Crippen molar-refractivity contribution in [2.75, 3.05) is 5.32 Å². The van der Waals surface area contributed by atoms with E-state index < -0.39 is 11.9 Å². The number of carbonyl (C=O) groups excluding carboxylic acids is 1. The van der Waals surface area contributed by atoms with Crippen molar-refractivity contribution in [1.29, 1.82) is 0 Å². The minimum absolute atomic E-state index is 0.0740. The number of hydrogen-bond donors (Lipinski definition) is 1. The molecule has 0 atom stereocenters. The molecule has 3 nitrogen and oxygen atoms in total. The van der Waals surface area contributed by atoms with Crippen LogP contribution in [0.1, 0.15) is 15.9 Å². The molecule has 0 fully saturated rings. The number of carbonyl (C=O) groups is 1. The summed E-state index contributed by atoms with van der Waals surface area (Å²) in [5.41, 5.74) is 1.52. The molecule has 0 aliphatic rings. The van der Waals surface area contributed by atoms with E-state index in [4.69, 9.17) is 0 Å². The van der Waals surface area contributed by atoms with E-state index in [-0.39, 0.29) is 5.56 Å². The van der Waals surface area contributed by atoms with Crippen LogP contribution in [0.3, 0.4) is 0 Å². The third-order valence-electron chi connectivity index (χ3n) is 2.30. The number of nitrogens with one attached hydrogen (secondary N) is 1. The molecular weight excluding hydrogens is 299 g/mol. The summed E-state index contributed by atoms with van der Waals surface area (Å²) in [6, 6.07) is 8.38. The second kappa shape index (κ2) is 5.27. The molecular formula is C13H10BrFN2O. The minimum atomic E-state index is -0.776. The summed E-state index contributed by atoms with van der Waals surface area (Å²) in [7, 11) is 0. The summed E-state index contributed by atoms with van der Waals surface area (Å²) in [5, 5.41) is 2.63. The zero-order valence-electron chi connectivity index (χ0n) is 9.58. The Kier molecular flexibility index (Phi) is 3.72. The smallest absolute Gasteiger partial charge is 0.260 e. The van der Waals surface area contributed by atoms with Gasteiger partial charge in [0, 0.05) is 16.4 Å². The fourth-order valence-electron chi connectivity index (χ4n) is 1.56. The summed E-state index contributed by atoms with van der Waals surface area (Å²) in [5.74, 6) is -1.29. The van der Waals surface area contributed by atoms with E-state index in [2.05, 4.69) is 26.2 Å². The monoisotopic (exact) mass is 308 g/mol. The number of hydrogen-bond acceptors (Lipinski definition) is 2. The fraction of sp³-hybridized carbons (Fsp3) is 0.0769. The van der Waals surface area contributed by atoms with Crippen LogP contribution >= 0.6 is 15.9 Å². The maximum atomic E-state index is 13.3. The molecule has 1 N–H and O–H groups in total. The Balaban J connectivity index is 2.24. The maximum Gasteiger partial charge on any atom is 0.260 e. The summed E-state index contributed by atoms with van der Waals surface area (Å²) < 4.78 is 14.2. The Hall–Kier alpha value is -1.75. The van der Waals surface area contributed by atoms with Crippen molar-refractivity contribution in [2.24, 2.45) is 0 Å². The Morgan fingerprint density at radius 3 is 2.83 bits per heavy atom. The van der Waals surface area contributed by atoms with Gasteiger partial charge in [-0.3, -0.25) is 4.79 Å². The van der Waals surface area contributed by atoms with E-state index in [0.717, 1.165) is 10.0 Å². The molecule has 0 aliphatic heterocycles. The lowest BCUT2D eigenvalue weighted by Gasteiger charge is -2.07. The molecule has 1 aromatic heterocycles. The van der Waals surface area contributed by atoms with Crippen LogP contribution in [0.15, 0.2) is 41.0 Å². The second-order valence-electron chi connectivity index (χ2n) is 3.81. The summed E-state index contributed by atoms with van der Waals surface area (Å²) in [6.07, 6.45) is 1.30. The van der Waals surface area contributed by atoms with Gasteiger partial charge < -0.3 is 5.32 Å². The number of halogens is 2. The molecule has 0 spiro atoms. The van der Waals surface area contributed by atoms with Crippen molar-refractivity contribution >= 4 is 27.5 Å². The molecule has 18 heavy (non-hydrogen) atoms. The first-order valence-electron chi connectivity index (χ1n) is 5.25. The molecule has 0 aliphatic carbocycles. The largest absolute Gasteiger partial charge is 0.322 e. The van der Waals surface area contributed by atoms with Crippen molar-refractivity contribution in [2.45, 2.75) is 6.92 Å². The third kappa shape index (κ3) is 2.92. The van der Waals surface area contributed by atoms with Gasteiger partial charge in [0.25, 0.3) is 5.91 Å². The average molecular weight is 309 g/mol. The van der Waals surface area contributed by atoms with Gasteiger partial charge >= 0.3 is 0 Å². The molecule has 0 bridgehead atoms. The fourth-order valence-corrected chi connectivity index (χ4v) is 2.17. The van der Waals surface area contributed by atoms with Gasteiger partial charge in [-0.15, -0.1) is 0 Å². The van der Waals surface area contributed by atoms with E-state index in [9.17, 15) is 9.18 Å². The van der Waals surface area contributed by atoms with Gasteiger partial charge in [-0.05, 0) is 42.8 Å². The highest BCUT2D eigenvalue weighted by Gasteiger charge is 2.12. The van der Waals surface area contributed by atoms with Crippen LogP contribution < -0.4 is 5.32 Å². The number of anilines is 1. The highest BCUT2D eigenvalue weighted by Crippen LogP contribution is 2.19. The quantitative estimate of drug-likeness (QED) is 0.862. The summed E-state index contributed by atoms with van der Waals surface area (Å²) >= 11 is 3.34. The topological polar surface area (TPSA) is 42.0 Å². The maximum absolute atomic E-state index is 13.3. The predicted molar refractivity (Wildman–Crippen MR) is 71.0 cm³/mol. The number of benzene rings is 1. The molecule has 2 rings (SSSR count). The van der Waals surface area contributed by atoms with Crippen LogP contribution in [0, 0.1) is 12.9 Å². The zero-order valence-corrected chi connectivity index (χ0v) is 11.2. The van der Waals surface area contributed by atoms with Crippen LogP contribution in [0.5, 0.6) is 0 Å². The average Bonchev–Trinajstić information content (AvgIpc) is 2.27. The zero-order chi connectivity index (χ0) is 13.1. The Bertz CT molecular complexity index is 581. The molecule has 0 saturated carbocycles. The van der Waals surface area contributed by atoms with Gasteiger partial charge in [0.05, 0.1) is 5.56 Å². The van der Waals surface area contributed by atoms with Gasteiger partial charge in [-0.25, -0.2) is 4.98 Å². The molecule has 92 valence electrons. The van der Waals surface area contributed by atoms with E-state index >= 15 is 0 Å². The number of amides is 1. The van der Waals surface area contributed by atoms with Gasteiger partial charge in [0.1, 0.15) is 0 Å². The number of nitrogens with zero attached hydrogens (tertiary/aromatic N) is 1. The van der Waals surface area contributed by atoms with Crippen molar-refractivity contribution in [3.05, 3.63) is 58.1 Å². The normalized spacial score (nSPS) is 10.2. The highest BCUT2D eigenvalue weighted by atomic mass is 79.9. The first-order valence-corrected chi connectivity index (χ1v) is 6.04. The van der Waals surface area contributed by atoms with Crippen molar-refractivity contribution in [3.63, 3.8) is 0 Å². The van der Waals surface area contributed by atoms with E-state index in [1.54, 1.807) is 12.1 Å². The number of rotatable bonds is 2. The SMILES string of the molecule is Cc1cc(Br)cc(NC(=O)c2cccnc2F)c1. The van der Waals surface area contributed by atoms with Gasteiger partial charge in [-0.2, -0.15) is 4.39 Å². The Morgan fingerprint density at radius 1 is 1.39 bits per heavy atom. The lowest BCUT2D eigenvalue weighted by atomic mass is 10.2. The molecule has 1 aromatic carbocycles. The molecule has 0 saturated heterocycles. The molecule has 5 heteroatoms. The van der Waals surface area contributed by atoms with Crippen LogP contribution in [0.4, 0.5) is 10.1 Å². The number of aromatic nitrogens is 1. The van der Waals surface area contributed by atoms with Gasteiger partial charge in [0.2, 0.25) is 5.95 Å². The Labute approximate surface area is 112 Å². The summed E-state index contributed by atoms with van der Waals surface area (Å²) in [4.78, 5) is 15.3. The van der Waals surface area contributed by atoms with Crippen molar-refractivity contribution in [3.8, 4) is 0 Å². The molecule has 1 amide bonds. The summed E-state index contributed by atoms with van der Waals surface area (Å²) in [6.45, 7) is 1.91. The highest BCUT2D eigenvalue weighted by molar-refractivity contribution is 9.10. The predicted octanol–water partition coefficient (Wildman–Crippen LogP) is 3.54. The van der Waals surface area contributed by atoms with Gasteiger partial charge in [-0.1, -0.05) is 15.9 Å². The van der Waals surface area contributed by atoms with Crippen LogP contribution in [0.2, 0.25) is 0 Å². The van der Waals surface area contributed by atoms with Crippen LogP contribution in [-0.2, 0) is 0 Å². The third-order valence-corrected chi connectivity index (χ3v) is 2.76. The first kappa shape index (κ1) is 12.7. The molecule has 0 unspecified atom stereocenters. The molecule has 2 aromatic rings.